The summed E-state index contributed by atoms with van der Waals surface area (Å²) >= 11 is 3.35. The second-order valence-electron chi connectivity index (χ2n) is 7.02. The van der Waals surface area contributed by atoms with Crippen LogP contribution in [0.2, 0.25) is 0 Å². The maximum atomic E-state index is 12.4. The van der Waals surface area contributed by atoms with Crippen molar-refractivity contribution >= 4 is 38.4 Å². The molecule has 2 N–H and O–H groups in total. The number of anilines is 1. The van der Waals surface area contributed by atoms with Gasteiger partial charge in [0.25, 0.3) is 5.91 Å². The van der Waals surface area contributed by atoms with Crippen LogP contribution in [0.25, 0.3) is 10.9 Å². The van der Waals surface area contributed by atoms with Crippen molar-refractivity contribution in [1.82, 2.24) is 4.98 Å². The number of pyridine rings is 1. The Kier molecular flexibility index (Phi) is 4.52. The predicted octanol–water partition coefficient (Wildman–Crippen LogP) is 4.84. The minimum absolute atomic E-state index is 0.144. The monoisotopic (exact) mass is 398 g/mol. The highest BCUT2D eigenvalue weighted by molar-refractivity contribution is 9.10. The number of H-pyrrole nitrogens is 1. The zero-order valence-electron chi connectivity index (χ0n) is 14.3. The highest BCUT2D eigenvalue weighted by Gasteiger charge is 2.18. The van der Waals surface area contributed by atoms with E-state index in [0.29, 0.717) is 16.8 Å². The fraction of sp³-hybridized carbons (Fsp3) is 0.200. The van der Waals surface area contributed by atoms with Crippen LogP contribution in [0.4, 0.5) is 5.69 Å². The molecule has 25 heavy (non-hydrogen) atoms. The largest absolute Gasteiger partial charge is 0.322 e. The first-order valence-electron chi connectivity index (χ1n) is 7.98. The Morgan fingerprint density at radius 1 is 1.04 bits per heavy atom. The molecule has 0 saturated heterocycles. The minimum atomic E-state index is -0.193. The summed E-state index contributed by atoms with van der Waals surface area (Å²) in [6, 6.07) is 14.4. The summed E-state index contributed by atoms with van der Waals surface area (Å²) in [7, 11) is 0. The Bertz CT molecular complexity index is 999. The van der Waals surface area contributed by atoms with Crippen molar-refractivity contribution in [2.45, 2.75) is 26.2 Å². The van der Waals surface area contributed by atoms with Crippen LogP contribution >= 0.6 is 15.9 Å². The van der Waals surface area contributed by atoms with Gasteiger partial charge in [0.1, 0.15) is 0 Å². The molecule has 5 heteroatoms. The fourth-order valence-corrected chi connectivity index (χ4v) is 3.03. The van der Waals surface area contributed by atoms with Crippen molar-refractivity contribution in [3.8, 4) is 0 Å². The topological polar surface area (TPSA) is 62.0 Å². The molecule has 0 unspecified atom stereocenters. The van der Waals surface area contributed by atoms with E-state index < -0.39 is 0 Å². The first-order chi connectivity index (χ1) is 11.7. The first-order valence-corrected chi connectivity index (χ1v) is 8.78. The SMILES string of the molecule is CC(C)(C)c1cc(=O)[nH]c2cc(NC(=O)c3ccc(Br)cc3)ccc12. The van der Waals surface area contributed by atoms with Crippen LogP contribution in [-0.4, -0.2) is 10.9 Å². The molecule has 4 nitrogen and oxygen atoms in total. The van der Waals surface area contributed by atoms with Crippen molar-refractivity contribution in [2.75, 3.05) is 5.32 Å². The van der Waals surface area contributed by atoms with Crippen molar-refractivity contribution in [2.24, 2.45) is 0 Å². The van der Waals surface area contributed by atoms with E-state index in [0.717, 1.165) is 15.4 Å². The van der Waals surface area contributed by atoms with Crippen molar-refractivity contribution < 1.29 is 4.79 Å². The summed E-state index contributed by atoms with van der Waals surface area (Å²) in [6.45, 7) is 6.22. The summed E-state index contributed by atoms with van der Waals surface area (Å²) in [5.41, 5.74) is 2.62. The van der Waals surface area contributed by atoms with Gasteiger partial charge in [0.15, 0.2) is 0 Å². The van der Waals surface area contributed by atoms with Crippen LogP contribution in [0, 0.1) is 0 Å². The van der Waals surface area contributed by atoms with E-state index in [9.17, 15) is 9.59 Å². The molecule has 0 radical (unpaired) electrons. The van der Waals surface area contributed by atoms with Crippen LogP contribution in [0.5, 0.6) is 0 Å². The van der Waals surface area contributed by atoms with E-state index in [2.05, 4.69) is 47.0 Å². The number of rotatable bonds is 2. The van der Waals surface area contributed by atoms with Gasteiger partial charge in [-0.3, -0.25) is 9.59 Å². The zero-order valence-corrected chi connectivity index (χ0v) is 15.9. The molecule has 1 amide bonds. The molecule has 0 aliphatic carbocycles. The molecule has 1 aromatic heterocycles. The van der Waals surface area contributed by atoms with Crippen molar-refractivity contribution in [3.63, 3.8) is 0 Å². The number of hydrogen-bond acceptors (Lipinski definition) is 2. The van der Waals surface area contributed by atoms with Crippen LogP contribution < -0.4 is 10.9 Å². The third-order valence-electron chi connectivity index (χ3n) is 4.02. The van der Waals surface area contributed by atoms with Gasteiger partial charge >= 0.3 is 0 Å². The number of carbonyl (C=O) groups excluding carboxylic acids is 1. The number of nitrogens with one attached hydrogen (secondary N) is 2. The number of fused-ring (bicyclic) bond motifs is 1. The third-order valence-corrected chi connectivity index (χ3v) is 4.54. The maximum absolute atomic E-state index is 12.4. The molecule has 0 aliphatic heterocycles. The molecule has 1 heterocycles. The van der Waals surface area contributed by atoms with E-state index in [1.54, 1.807) is 24.3 Å². The van der Waals surface area contributed by atoms with Crippen molar-refractivity contribution in [1.29, 1.82) is 0 Å². The van der Waals surface area contributed by atoms with Crippen molar-refractivity contribution in [3.05, 3.63) is 74.5 Å². The van der Waals surface area contributed by atoms with E-state index >= 15 is 0 Å². The molecule has 0 atom stereocenters. The molecule has 0 saturated carbocycles. The fourth-order valence-electron chi connectivity index (χ4n) is 2.76. The lowest BCUT2D eigenvalue weighted by atomic mass is 9.85. The first kappa shape index (κ1) is 17.4. The Balaban J connectivity index is 1.97. The number of hydrogen-bond donors (Lipinski definition) is 2. The molecule has 3 aromatic rings. The number of aromatic nitrogens is 1. The molecule has 128 valence electrons. The Morgan fingerprint density at radius 2 is 1.72 bits per heavy atom. The highest BCUT2D eigenvalue weighted by atomic mass is 79.9. The number of aromatic amines is 1. The lowest BCUT2D eigenvalue weighted by molar-refractivity contribution is 0.102. The van der Waals surface area contributed by atoms with Crippen LogP contribution in [0.1, 0.15) is 36.7 Å². The second-order valence-corrected chi connectivity index (χ2v) is 7.93. The molecular weight excluding hydrogens is 380 g/mol. The molecule has 0 aliphatic rings. The summed E-state index contributed by atoms with van der Waals surface area (Å²) in [5, 5.41) is 3.85. The van der Waals surface area contributed by atoms with E-state index in [-0.39, 0.29) is 16.9 Å². The lowest BCUT2D eigenvalue weighted by Gasteiger charge is -2.21. The van der Waals surface area contributed by atoms with Gasteiger partial charge in [0, 0.05) is 27.2 Å². The third kappa shape index (κ3) is 3.82. The number of carbonyl (C=O) groups is 1. The van der Waals surface area contributed by atoms with Gasteiger partial charge in [0.05, 0.1) is 5.52 Å². The van der Waals surface area contributed by atoms with Crippen LogP contribution in [0.3, 0.4) is 0 Å². The van der Waals surface area contributed by atoms with Gasteiger partial charge in [-0.25, -0.2) is 0 Å². The van der Waals surface area contributed by atoms with Gasteiger partial charge in [-0.15, -0.1) is 0 Å². The lowest BCUT2D eigenvalue weighted by Crippen LogP contribution is -2.17. The number of amides is 1. The Labute approximate surface area is 154 Å². The van der Waals surface area contributed by atoms with Crippen LogP contribution in [0.15, 0.2) is 57.8 Å². The molecule has 0 bridgehead atoms. The van der Waals surface area contributed by atoms with E-state index in [1.165, 1.54) is 0 Å². The second kappa shape index (κ2) is 6.48. The Hall–Kier alpha value is -2.40. The van der Waals surface area contributed by atoms with Crippen LogP contribution in [-0.2, 0) is 5.41 Å². The van der Waals surface area contributed by atoms with E-state index in [1.807, 2.05) is 24.3 Å². The summed E-state index contributed by atoms with van der Waals surface area (Å²) in [4.78, 5) is 27.2. The normalized spacial score (nSPS) is 11.5. The quantitative estimate of drug-likeness (QED) is 0.648. The molecular formula is C20H19BrN2O2. The van der Waals surface area contributed by atoms with Gasteiger partial charge in [-0.1, -0.05) is 42.8 Å². The average molecular weight is 399 g/mol. The number of halogens is 1. The standard InChI is InChI=1S/C20H19BrN2O2/c1-20(2,3)16-11-18(24)23-17-10-14(8-9-15(16)17)22-19(25)12-4-6-13(21)7-5-12/h4-11H,1-3H3,(H,22,25)(H,23,24). The van der Waals surface area contributed by atoms with E-state index in [4.69, 9.17) is 0 Å². The summed E-state index contributed by atoms with van der Waals surface area (Å²) in [5.74, 6) is -0.193. The molecule has 0 fully saturated rings. The van der Waals surface area contributed by atoms with Gasteiger partial charge in [0.2, 0.25) is 5.56 Å². The summed E-state index contributed by atoms with van der Waals surface area (Å²) < 4.78 is 0.919. The van der Waals surface area contributed by atoms with Gasteiger partial charge in [-0.05, 0) is 47.4 Å². The predicted molar refractivity (Wildman–Crippen MR) is 105 cm³/mol. The minimum Gasteiger partial charge on any atom is -0.322 e. The highest BCUT2D eigenvalue weighted by Crippen LogP contribution is 2.29. The smallest absolute Gasteiger partial charge is 0.255 e. The maximum Gasteiger partial charge on any atom is 0.255 e. The molecule has 2 aromatic carbocycles. The van der Waals surface area contributed by atoms with Gasteiger partial charge in [-0.2, -0.15) is 0 Å². The molecule has 0 spiro atoms. The molecule has 3 rings (SSSR count). The number of benzene rings is 2. The Morgan fingerprint density at radius 3 is 2.36 bits per heavy atom. The van der Waals surface area contributed by atoms with Gasteiger partial charge < -0.3 is 10.3 Å². The average Bonchev–Trinajstić information content (AvgIpc) is 2.53. The summed E-state index contributed by atoms with van der Waals surface area (Å²) in [6.07, 6.45) is 0. The zero-order chi connectivity index (χ0) is 18.2.